The molecule has 2 amide bonds. The first-order valence-corrected chi connectivity index (χ1v) is 7.06. The maximum Gasteiger partial charge on any atom is 0.405 e. The van der Waals surface area contributed by atoms with Crippen LogP contribution >= 0.6 is 0 Å². The van der Waals surface area contributed by atoms with E-state index in [1.807, 2.05) is 0 Å². The molecule has 0 bridgehead atoms. The number of hydrogen-bond donors (Lipinski definition) is 3. The van der Waals surface area contributed by atoms with E-state index in [0.29, 0.717) is 5.69 Å². The summed E-state index contributed by atoms with van der Waals surface area (Å²) >= 11 is 0. The second-order valence-electron chi connectivity index (χ2n) is 6.51. The molecular formula is C15H23N3O4. The van der Waals surface area contributed by atoms with E-state index < -0.39 is 23.5 Å². The topological polar surface area (TPSA) is 100 Å². The van der Waals surface area contributed by atoms with Gasteiger partial charge in [-0.3, -0.25) is 19.7 Å². The van der Waals surface area contributed by atoms with Crippen molar-refractivity contribution in [3.63, 3.8) is 0 Å². The van der Waals surface area contributed by atoms with Gasteiger partial charge in [-0.15, -0.1) is 0 Å². The van der Waals surface area contributed by atoms with Crippen LogP contribution in [0.2, 0.25) is 0 Å². The molecule has 0 aliphatic carbocycles. The SMILES string of the molecule is CC(C)C(=O)c1cccn1NC(=O)C(NC(=O)O)C(C)(C)C. The van der Waals surface area contributed by atoms with Gasteiger partial charge in [-0.25, -0.2) is 4.79 Å². The summed E-state index contributed by atoms with van der Waals surface area (Å²) in [4.78, 5) is 35.3. The van der Waals surface area contributed by atoms with Crippen molar-refractivity contribution in [2.75, 3.05) is 5.43 Å². The highest BCUT2D eigenvalue weighted by Gasteiger charge is 2.33. The monoisotopic (exact) mass is 309 g/mol. The highest BCUT2D eigenvalue weighted by molar-refractivity contribution is 5.98. The third kappa shape index (κ3) is 4.34. The van der Waals surface area contributed by atoms with Gasteiger partial charge in [0.25, 0.3) is 5.91 Å². The molecule has 0 aromatic carbocycles. The molecule has 0 aliphatic rings. The fourth-order valence-corrected chi connectivity index (χ4v) is 1.96. The maximum atomic E-state index is 12.4. The van der Waals surface area contributed by atoms with Crippen molar-refractivity contribution in [1.82, 2.24) is 9.99 Å². The highest BCUT2D eigenvalue weighted by atomic mass is 16.4. The van der Waals surface area contributed by atoms with Gasteiger partial charge in [0.2, 0.25) is 0 Å². The van der Waals surface area contributed by atoms with Crippen LogP contribution in [-0.2, 0) is 4.79 Å². The third-order valence-electron chi connectivity index (χ3n) is 3.15. The van der Waals surface area contributed by atoms with Crippen LogP contribution in [0.15, 0.2) is 18.3 Å². The summed E-state index contributed by atoms with van der Waals surface area (Å²) in [6.07, 6.45) is 0.273. The van der Waals surface area contributed by atoms with Crippen LogP contribution in [0.5, 0.6) is 0 Å². The van der Waals surface area contributed by atoms with E-state index in [2.05, 4.69) is 10.7 Å². The lowest BCUT2D eigenvalue weighted by Gasteiger charge is -2.29. The number of aromatic nitrogens is 1. The molecule has 1 unspecified atom stereocenters. The van der Waals surface area contributed by atoms with Gasteiger partial charge in [-0.05, 0) is 17.5 Å². The fraction of sp³-hybridized carbons (Fsp3) is 0.533. The van der Waals surface area contributed by atoms with Gasteiger partial charge < -0.3 is 10.4 Å². The van der Waals surface area contributed by atoms with Crippen LogP contribution in [0.1, 0.15) is 45.1 Å². The Kier molecular flexibility index (Phi) is 5.35. The molecule has 0 saturated heterocycles. The van der Waals surface area contributed by atoms with Crippen molar-refractivity contribution in [3.05, 3.63) is 24.0 Å². The van der Waals surface area contributed by atoms with E-state index in [-0.39, 0.29) is 11.7 Å². The summed E-state index contributed by atoms with van der Waals surface area (Å²) in [5.41, 5.74) is 2.31. The smallest absolute Gasteiger partial charge is 0.405 e. The fourth-order valence-electron chi connectivity index (χ4n) is 1.96. The lowest BCUT2D eigenvalue weighted by molar-refractivity contribution is -0.121. The second-order valence-corrected chi connectivity index (χ2v) is 6.51. The number of carboxylic acid groups (broad SMARTS) is 1. The number of Topliss-reactive ketones (excluding diaryl/α,β-unsaturated/α-hetero) is 1. The molecule has 0 fully saturated rings. The van der Waals surface area contributed by atoms with Gasteiger partial charge in [0.1, 0.15) is 11.7 Å². The Morgan fingerprint density at radius 3 is 2.27 bits per heavy atom. The predicted molar refractivity (Wildman–Crippen MR) is 82.4 cm³/mol. The summed E-state index contributed by atoms with van der Waals surface area (Å²) in [6.45, 7) is 8.80. The molecule has 3 N–H and O–H groups in total. The van der Waals surface area contributed by atoms with Crippen LogP contribution < -0.4 is 10.7 Å². The van der Waals surface area contributed by atoms with E-state index in [1.54, 1.807) is 52.9 Å². The molecule has 122 valence electrons. The Morgan fingerprint density at radius 2 is 1.82 bits per heavy atom. The molecule has 0 saturated carbocycles. The minimum absolute atomic E-state index is 0.108. The zero-order chi connectivity index (χ0) is 17.1. The normalized spacial score (nSPS) is 12.8. The van der Waals surface area contributed by atoms with Crippen molar-refractivity contribution in [1.29, 1.82) is 0 Å². The van der Waals surface area contributed by atoms with E-state index >= 15 is 0 Å². The highest BCUT2D eigenvalue weighted by Crippen LogP contribution is 2.20. The van der Waals surface area contributed by atoms with Gasteiger partial charge in [0, 0.05) is 12.1 Å². The molecule has 7 nitrogen and oxygen atoms in total. The van der Waals surface area contributed by atoms with Gasteiger partial charge >= 0.3 is 6.09 Å². The molecule has 1 rings (SSSR count). The Balaban J connectivity index is 2.98. The van der Waals surface area contributed by atoms with Gasteiger partial charge in [-0.2, -0.15) is 0 Å². The van der Waals surface area contributed by atoms with Crippen molar-refractivity contribution < 1.29 is 19.5 Å². The predicted octanol–water partition coefficient (Wildman–Crippen LogP) is 2.08. The summed E-state index contributed by atoms with van der Waals surface area (Å²) < 4.78 is 1.33. The second kappa shape index (κ2) is 6.64. The standard InChI is InChI=1S/C15H23N3O4/c1-9(2)11(19)10-7-6-8-18(10)17-13(20)12(15(3,4)5)16-14(21)22/h6-9,12,16H,1-5H3,(H,17,20)(H,21,22). The zero-order valence-corrected chi connectivity index (χ0v) is 13.5. The molecular weight excluding hydrogens is 286 g/mol. The van der Waals surface area contributed by atoms with Crippen molar-refractivity contribution >= 4 is 17.8 Å². The number of rotatable bonds is 5. The van der Waals surface area contributed by atoms with Crippen LogP contribution in [0.3, 0.4) is 0 Å². The van der Waals surface area contributed by atoms with Gasteiger partial charge in [0.15, 0.2) is 5.78 Å². The quantitative estimate of drug-likeness (QED) is 0.725. The average molecular weight is 309 g/mol. The number of hydrogen-bond acceptors (Lipinski definition) is 3. The number of carbonyl (C=O) groups excluding carboxylic acids is 2. The molecule has 0 spiro atoms. The van der Waals surface area contributed by atoms with E-state index in [0.717, 1.165) is 0 Å². The molecule has 1 aromatic heterocycles. The van der Waals surface area contributed by atoms with Crippen molar-refractivity contribution in [2.24, 2.45) is 11.3 Å². The largest absolute Gasteiger partial charge is 0.465 e. The molecule has 0 radical (unpaired) electrons. The van der Waals surface area contributed by atoms with E-state index in [4.69, 9.17) is 5.11 Å². The van der Waals surface area contributed by atoms with E-state index in [9.17, 15) is 14.4 Å². The average Bonchev–Trinajstić information content (AvgIpc) is 2.81. The first-order chi connectivity index (χ1) is 10.0. The molecule has 22 heavy (non-hydrogen) atoms. The molecule has 1 aromatic rings. The van der Waals surface area contributed by atoms with Crippen LogP contribution in [-0.4, -0.2) is 33.6 Å². The zero-order valence-electron chi connectivity index (χ0n) is 13.5. The minimum atomic E-state index is -1.28. The summed E-state index contributed by atoms with van der Waals surface area (Å²) in [5, 5.41) is 11.1. The number of ketones is 1. The van der Waals surface area contributed by atoms with Gasteiger partial charge in [0.05, 0.1) is 0 Å². The number of amides is 2. The van der Waals surface area contributed by atoms with Crippen LogP contribution in [0, 0.1) is 11.3 Å². The van der Waals surface area contributed by atoms with Crippen LogP contribution in [0.25, 0.3) is 0 Å². The van der Waals surface area contributed by atoms with Gasteiger partial charge in [-0.1, -0.05) is 34.6 Å². The summed E-state index contributed by atoms with van der Waals surface area (Å²) in [7, 11) is 0. The van der Waals surface area contributed by atoms with E-state index in [1.165, 1.54) is 4.68 Å². The lowest BCUT2D eigenvalue weighted by Crippen LogP contribution is -2.52. The molecule has 7 heteroatoms. The summed E-state index contributed by atoms with van der Waals surface area (Å²) in [6, 6.07) is 2.31. The third-order valence-corrected chi connectivity index (χ3v) is 3.15. The minimum Gasteiger partial charge on any atom is -0.465 e. The maximum absolute atomic E-state index is 12.4. The Morgan fingerprint density at radius 1 is 1.23 bits per heavy atom. The Labute approximate surface area is 129 Å². The van der Waals surface area contributed by atoms with Crippen molar-refractivity contribution in [3.8, 4) is 0 Å². The van der Waals surface area contributed by atoms with Crippen molar-refractivity contribution in [2.45, 2.75) is 40.7 Å². The molecule has 1 heterocycles. The molecule has 1 atom stereocenters. The Bertz CT molecular complexity index is 570. The Hall–Kier alpha value is -2.31. The number of nitrogens with zero attached hydrogens (tertiary/aromatic N) is 1. The first-order valence-electron chi connectivity index (χ1n) is 7.06. The number of nitrogens with one attached hydrogen (secondary N) is 2. The van der Waals surface area contributed by atoms with Crippen LogP contribution in [0.4, 0.5) is 4.79 Å². The molecule has 0 aliphatic heterocycles. The lowest BCUT2D eigenvalue weighted by atomic mass is 9.86. The number of carbonyl (C=O) groups is 3. The first kappa shape index (κ1) is 17.7. The summed E-state index contributed by atoms with van der Waals surface area (Å²) in [5.74, 6) is -0.839.